The third-order valence-corrected chi connectivity index (χ3v) is 5.31. The standard InChI is InChI=1S/C21H20ClF3N2O4/c1-31-20(30)12-3-2-8-27(11-12)17-6-4-13(21(23,24)25)9-16(17)26-19(29)15-10-14(22)5-7-18(15)28/h4-7,9-10,12,28H,2-3,8,11H2,1H3,(H,26,29). The SMILES string of the molecule is COC(=O)C1CCCN(c2ccc(C(F)(F)F)cc2NC(=O)c2cc(Cl)ccc2O)C1. The maximum Gasteiger partial charge on any atom is 0.416 e. The smallest absolute Gasteiger partial charge is 0.416 e. The summed E-state index contributed by atoms with van der Waals surface area (Å²) in [5, 5.41) is 12.6. The van der Waals surface area contributed by atoms with E-state index in [4.69, 9.17) is 16.3 Å². The number of phenolic OH excluding ortho intramolecular Hbond substituents is 1. The molecule has 2 aromatic rings. The Morgan fingerprint density at radius 1 is 1.23 bits per heavy atom. The minimum absolute atomic E-state index is 0.0929. The largest absolute Gasteiger partial charge is 0.507 e. The molecular weight excluding hydrogens is 437 g/mol. The van der Waals surface area contributed by atoms with Gasteiger partial charge in [0.25, 0.3) is 5.91 Å². The molecule has 1 amide bonds. The molecule has 1 heterocycles. The van der Waals surface area contributed by atoms with Gasteiger partial charge in [0, 0.05) is 18.1 Å². The van der Waals surface area contributed by atoms with Crippen LogP contribution in [0.1, 0.15) is 28.8 Å². The van der Waals surface area contributed by atoms with Crippen LogP contribution in [0.2, 0.25) is 5.02 Å². The van der Waals surface area contributed by atoms with Crippen molar-refractivity contribution in [1.82, 2.24) is 0 Å². The van der Waals surface area contributed by atoms with Crippen LogP contribution in [-0.2, 0) is 15.7 Å². The number of amides is 1. The fourth-order valence-corrected chi connectivity index (χ4v) is 3.70. The molecule has 166 valence electrons. The molecule has 10 heteroatoms. The number of anilines is 2. The van der Waals surface area contributed by atoms with E-state index in [1.165, 1.54) is 31.4 Å². The summed E-state index contributed by atoms with van der Waals surface area (Å²) >= 11 is 5.87. The summed E-state index contributed by atoms with van der Waals surface area (Å²) in [4.78, 5) is 26.4. The molecule has 0 saturated carbocycles. The van der Waals surface area contributed by atoms with Crippen LogP contribution in [0.4, 0.5) is 24.5 Å². The summed E-state index contributed by atoms with van der Waals surface area (Å²) in [6.07, 6.45) is -3.39. The number of piperidine rings is 1. The number of aromatic hydroxyl groups is 1. The lowest BCUT2D eigenvalue weighted by Crippen LogP contribution is -2.39. The minimum atomic E-state index is -4.62. The molecule has 0 aromatic heterocycles. The van der Waals surface area contributed by atoms with Crippen molar-refractivity contribution in [2.24, 2.45) is 5.92 Å². The molecule has 0 spiro atoms. The van der Waals surface area contributed by atoms with Gasteiger partial charge in [0.1, 0.15) is 5.75 Å². The first kappa shape index (κ1) is 22.7. The van der Waals surface area contributed by atoms with Gasteiger partial charge in [0.15, 0.2) is 0 Å². The lowest BCUT2D eigenvalue weighted by molar-refractivity contribution is -0.145. The van der Waals surface area contributed by atoms with Gasteiger partial charge >= 0.3 is 12.1 Å². The fourth-order valence-electron chi connectivity index (χ4n) is 3.52. The number of carbonyl (C=O) groups is 2. The Labute approximate surface area is 181 Å². The molecule has 2 N–H and O–H groups in total. The van der Waals surface area contributed by atoms with Gasteiger partial charge in [-0.05, 0) is 49.2 Å². The van der Waals surface area contributed by atoms with Crippen LogP contribution in [0.15, 0.2) is 36.4 Å². The fraction of sp³-hybridized carbons (Fsp3) is 0.333. The number of alkyl halides is 3. The Morgan fingerprint density at radius 2 is 1.97 bits per heavy atom. The summed E-state index contributed by atoms with van der Waals surface area (Å²) in [6, 6.07) is 6.82. The summed E-state index contributed by atoms with van der Waals surface area (Å²) in [7, 11) is 1.28. The quantitative estimate of drug-likeness (QED) is 0.652. The van der Waals surface area contributed by atoms with Crippen molar-refractivity contribution in [3.8, 4) is 5.75 Å². The number of esters is 1. The van der Waals surface area contributed by atoms with Gasteiger partial charge in [0.05, 0.1) is 35.5 Å². The zero-order valence-corrected chi connectivity index (χ0v) is 17.3. The van der Waals surface area contributed by atoms with E-state index >= 15 is 0 Å². The molecular formula is C21H20ClF3N2O4. The predicted molar refractivity (Wildman–Crippen MR) is 109 cm³/mol. The van der Waals surface area contributed by atoms with Crippen molar-refractivity contribution in [3.05, 3.63) is 52.5 Å². The molecule has 1 atom stereocenters. The number of halogens is 4. The molecule has 1 aliphatic rings. The maximum absolute atomic E-state index is 13.3. The van der Waals surface area contributed by atoms with Gasteiger partial charge in [-0.15, -0.1) is 0 Å². The maximum atomic E-state index is 13.3. The normalized spacial score (nSPS) is 16.7. The summed E-state index contributed by atoms with van der Waals surface area (Å²) in [6.45, 7) is 0.730. The highest BCUT2D eigenvalue weighted by Crippen LogP contribution is 2.37. The van der Waals surface area contributed by atoms with Gasteiger partial charge in [-0.2, -0.15) is 13.2 Å². The molecule has 0 bridgehead atoms. The average molecular weight is 457 g/mol. The Morgan fingerprint density at radius 3 is 2.65 bits per heavy atom. The molecule has 1 fully saturated rings. The second-order valence-corrected chi connectivity index (χ2v) is 7.59. The highest BCUT2D eigenvalue weighted by Gasteiger charge is 2.33. The number of nitrogens with zero attached hydrogens (tertiary/aromatic N) is 1. The Bertz CT molecular complexity index is 997. The summed E-state index contributed by atoms with van der Waals surface area (Å²) in [5.41, 5.74) is -0.883. The number of carbonyl (C=O) groups excluding carboxylic acids is 2. The summed E-state index contributed by atoms with van der Waals surface area (Å²) in [5.74, 6) is -2.01. The number of phenols is 1. The number of ether oxygens (including phenoxy) is 1. The molecule has 3 rings (SSSR count). The number of hydrogen-bond acceptors (Lipinski definition) is 5. The van der Waals surface area contributed by atoms with Gasteiger partial charge in [-0.1, -0.05) is 11.6 Å². The number of methoxy groups -OCH3 is 1. The lowest BCUT2D eigenvalue weighted by atomic mass is 9.97. The number of rotatable bonds is 4. The van der Waals surface area contributed by atoms with Crippen molar-refractivity contribution in [1.29, 1.82) is 0 Å². The number of nitrogens with one attached hydrogen (secondary N) is 1. The Balaban J connectivity index is 1.97. The third-order valence-electron chi connectivity index (χ3n) is 5.07. The zero-order valence-electron chi connectivity index (χ0n) is 16.5. The first-order chi connectivity index (χ1) is 14.6. The van der Waals surface area contributed by atoms with E-state index in [9.17, 15) is 27.9 Å². The number of benzene rings is 2. The lowest BCUT2D eigenvalue weighted by Gasteiger charge is -2.34. The van der Waals surface area contributed by atoms with E-state index in [2.05, 4.69) is 5.32 Å². The second-order valence-electron chi connectivity index (χ2n) is 7.15. The predicted octanol–water partition coefficient (Wildman–Crippen LogP) is 4.71. The van der Waals surface area contributed by atoms with E-state index in [0.717, 1.165) is 12.1 Å². The molecule has 6 nitrogen and oxygen atoms in total. The minimum Gasteiger partial charge on any atom is -0.507 e. The monoisotopic (exact) mass is 456 g/mol. The van der Waals surface area contributed by atoms with Crippen LogP contribution in [0.25, 0.3) is 0 Å². The second kappa shape index (κ2) is 9.05. The number of hydrogen-bond donors (Lipinski definition) is 2. The van der Waals surface area contributed by atoms with Crippen molar-refractivity contribution in [2.45, 2.75) is 19.0 Å². The first-order valence-corrected chi connectivity index (χ1v) is 9.82. The van der Waals surface area contributed by atoms with Crippen LogP contribution < -0.4 is 10.2 Å². The van der Waals surface area contributed by atoms with Gasteiger partial charge in [0.2, 0.25) is 0 Å². The van der Waals surface area contributed by atoms with Crippen LogP contribution in [0.3, 0.4) is 0 Å². The van der Waals surface area contributed by atoms with Crippen LogP contribution in [0.5, 0.6) is 5.75 Å². The molecule has 0 radical (unpaired) electrons. The van der Waals surface area contributed by atoms with Gasteiger partial charge in [-0.3, -0.25) is 9.59 Å². The van der Waals surface area contributed by atoms with Crippen molar-refractivity contribution in [2.75, 3.05) is 30.4 Å². The van der Waals surface area contributed by atoms with Crippen LogP contribution in [-0.4, -0.2) is 37.2 Å². The molecule has 31 heavy (non-hydrogen) atoms. The van der Waals surface area contributed by atoms with Gasteiger partial charge in [-0.25, -0.2) is 0 Å². The van der Waals surface area contributed by atoms with E-state index in [1.807, 2.05) is 0 Å². The van der Waals surface area contributed by atoms with Crippen LogP contribution in [0, 0.1) is 5.92 Å². The van der Waals surface area contributed by atoms with E-state index in [0.29, 0.717) is 25.1 Å². The van der Waals surface area contributed by atoms with Crippen molar-refractivity contribution >= 4 is 34.9 Å². The van der Waals surface area contributed by atoms with Crippen LogP contribution >= 0.6 is 11.6 Å². The topological polar surface area (TPSA) is 78.9 Å². The molecule has 2 aromatic carbocycles. The summed E-state index contributed by atoms with van der Waals surface area (Å²) < 4.78 is 44.7. The zero-order chi connectivity index (χ0) is 22.8. The molecule has 1 aliphatic heterocycles. The van der Waals surface area contributed by atoms with Crippen molar-refractivity contribution in [3.63, 3.8) is 0 Å². The average Bonchev–Trinajstić information content (AvgIpc) is 2.74. The van der Waals surface area contributed by atoms with E-state index < -0.39 is 29.5 Å². The Hall–Kier alpha value is -2.94. The first-order valence-electron chi connectivity index (χ1n) is 9.44. The van der Waals surface area contributed by atoms with Gasteiger partial charge < -0.3 is 20.1 Å². The molecule has 1 saturated heterocycles. The molecule has 1 unspecified atom stereocenters. The highest BCUT2D eigenvalue weighted by atomic mass is 35.5. The van der Waals surface area contributed by atoms with Crippen molar-refractivity contribution < 1.29 is 32.6 Å². The highest BCUT2D eigenvalue weighted by molar-refractivity contribution is 6.31. The van der Waals surface area contributed by atoms with E-state index in [1.54, 1.807) is 4.90 Å². The Kier molecular flexibility index (Phi) is 6.64. The third kappa shape index (κ3) is 5.22. The van der Waals surface area contributed by atoms with E-state index in [-0.39, 0.29) is 28.6 Å². The molecule has 0 aliphatic carbocycles.